The standard InChI is InChI=1S/C27H23F3O3.C13H14O3.CH4/c1-3-5-22(17-26(31)32-2)21-10-14-25(15-11-21)33-18-19-6-4-7-23(16-19)20-8-12-24(13-9-20)27(28,29)30;1-3-4-11(9-13(15)16-2)10-5-7-12(14)8-6-10;/h4,6-16,22H,17-18H2,1-2H3;5-8,11,14H,9H2,1-2H3;1H4/t22-;11-;/m11./s1. The Morgan fingerprint density at radius 3 is 1.68 bits per heavy atom. The minimum Gasteiger partial charge on any atom is -0.508 e. The van der Waals surface area contributed by atoms with Crippen LogP contribution in [0.2, 0.25) is 0 Å². The van der Waals surface area contributed by atoms with Gasteiger partial charge in [0.15, 0.2) is 0 Å². The van der Waals surface area contributed by atoms with Crippen LogP contribution in [0, 0.1) is 23.7 Å². The number of aromatic hydroxyl groups is 1. The zero-order chi connectivity index (χ0) is 35.8. The van der Waals surface area contributed by atoms with E-state index in [1.165, 1.54) is 26.4 Å². The highest BCUT2D eigenvalue weighted by molar-refractivity contribution is 5.71. The smallest absolute Gasteiger partial charge is 0.416 e. The van der Waals surface area contributed by atoms with E-state index in [1.54, 1.807) is 38.1 Å². The van der Waals surface area contributed by atoms with Crippen molar-refractivity contribution >= 4 is 11.9 Å². The van der Waals surface area contributed by atoms with Gasteiger partial charge in [-0.1, -0.05) is 73.9 Å². The van der Waals surface area contributed by atoms with Gasteiger partial charge in [-0.3, -0.25) is 9.59 Å². The molecule has 0 radical (unpaired) electrons. The lowest BCUT2D eigenvalue weighted by Gasteiger charge is -2.12. The molecule has 262 valence electrons. The Bertz CT molecular complexity index is 1790. The number of methoxy groups -OCH3 is 2. The lowest BCUT2D eigenvalue weighted by molar-refractivity contribution is -0.141. The molecule has 0 saturated heterocycles. The molecule has 0 amide bonds. The van der Waals surface area contributed by atoms with Crippen molar-refractivity contribution in [3.63, 3.8) is 0 Å². The average molecular weight is 687 g/mol. The normalized spacial score (nSPS) is 11.3. The SMILES string of the molecule is C.CC#C[C@H](CC(=O)OC)c1ccc(O)cc1.CC#C[C@H](CC(=O)OC)c1ccc(OCc2cccc(-c3ccc(C(F)(F)F)cc3)c2)cc1. The number of halogens is 3. The van der Waals surface area contributed by atoms with Crippen LogP contribution in [0.4, 0.5) is 13.2 Å². The summed E-state index contributed by atoms with van der Waals surface area (Å²) >= 11 is 0. The van der Waals surface area contributed by atoms with Crippen molar-refractivity contribution in [1.82, 2.24) is 0 Å². The molecule has 0 spiro atoms. The number of benzene rings is 4. The number of hydrogen-bond donors (Lipinski definition) is 1. The van der Waals surface area contributed by atoms with Crippen LogP contribution in [0.3, 0.4) is 0 Å². The largest absolute Gasteiger partial charge is 0.508 e. The Labute approximate surface area is 292 Å². The van der Waals surface area contributed by atoms with E-state index in [0.717, 1.165) is 34.4 Å². The van der Waals surface area contributed by atoms with Gasteiger partial charge in [0.2, 0.25) is 0 Å². The van der Waals surface area contributed by atoms with E-state index < -0.39 is 11.7 Å². The molecule has 0 bridgehead atoms. The molecule has 4 aromatic carbocycles. The molecule has 4 aromatic rings. The van der Waals surface area contributed by atoms with E-state index in [1.807, 2.05) is 48.5 Å². The molecule has 2 atom stereocenters. The summed E-state index contributed by atoms with van der Waals surface area (Å²) in [4.78, 5) is 22.8. The molecule has 0 aliphatic carbocycles. The van der Waals surface area contributed by atoms with Gasteiger partial charge in [-0.25, -0.2) is 0 Å². The molecule has 0 heterocycles. The summed E-state index contributed by atoms with van der Waals surface area (Å²) in [5.74, 6) is 11.4. The zero-order valence-electron chi connectivity index (χ0n) is 27.6. The Kier molecular flexibility index (Phi) is 16.2. The van der Waals surface area contributed by atoms with Gasteiger partial charge in [-0.15, -0.1) is 11.8 Å². The second kappa shape index (κ2) is 20.0. The number of phenols is 1. The maximum atomic E-state index is 12.8. The number of rotatable bonds is 10. The lowest BCUT2D eigenvalue weighted by atomic mass is 9.96. The predicted molar refractivity (Wildman–Crippen MR) is 188 cm³/mol. The van der Waals surface area contributed by atoms with E-state index in [-0.39, 0.29) is 49.8 Å². The molecular weight excluding hydrogens is 645 g/mol. The van der Waals surface area contributed by atoms with Crippen LogP contribution in [-0.2, 0) is 31.8 Å². The van der Waals surface area contributed by atoms with Crippen molar-refractivity contribution in [3.8, 4) is 46.3 Å². The van der Waals surface area contributed by atoms with Crippen molar-refractivity contribution in [2.75, 3.05) is 14.2 Å². The number of alkyl halides is 3. The van der Waals surface area contributed by atoms with Gasteiger partial charge < -0.3 is 19.3 Å². The fourth-order valence-corrected chi connectivity index (χ4v) is 4.71. The lowest BCUT2D eigenvalue weighted by Crippen LogP contribution is -2.07. The van der Waals surface area contributed by atoms with Gasteiger partial charge in [-0.05, 0) is 84.1 Å². The fraction of sp³-hybridized carbons (Fsp3) is 0.268. The molecule has 0 saturated carbocycles. The van der Waals surface area contributed by atoms with Gasteiger partial charge in [0.05, 0.1) is 44.5 Å². The van der Waals surface area contributed by atoms with Gasteiger partial charge in [-0.2, -0.15) is 13.2 Å². The Morgan fingerprint density at radius 1 is 0.720 bits per heavy atom. The third-order valence-electron chi connectivity index (χ3n) is 7.29. The molecule has 4 rings (SSSR count). The van der Waals surface area contributed by atoms with Gasteiger partial charge in [0.25, 0.3) is 0 Å². The van der Waals surface area contributed by atoms with Crippen molar-refractivity contribution in [1.29, 1.82) is 0 Å². The van der Waals surface area contributed by atoms with E-state index in [0.29, 0.717) is 17.9 Å². The third kappa shape index (κ3) is 12.7. The van der Waals surface area contributed by atoms with Crippen LogP contribution in [-0.4, -0.2) is 31.3 Å². The number of phenolic OH excluding ortho intramolecular Hbond substituents is 1. The van der Waals surface area contributed by atoms with E-state index in [4.69, 9.17) is 14.6 Å². The summed E-state index contributed by atoms with van der Waals surface area (Å²) in [5.41, 5.74) is 3.51. The van der Waals surface area contributed by atoms with Crippen molar-refractivity contribution < 1.29 is 42.1 Å². The summed E-state index contributed by atoms with van der Waals surface area (Å²) in [7, 11) is 2.71. The first-order chi connectivity index (χ1) is 23.5. The Balaban J connectivity index is 0.000000430. The van der Waals surface area contributed by atoms with Gasteiger partial charge in [0.1, 0.15) is 18.1 Å². The number of carbonyl (C=O) groups excluding carboxylic acids is 2. The molecule has 1 N–H and O–H groups in total. The third-order valence-corrected chi connectivity index (χ3v) is 7.29. The first-order valence-corrected chi connectivity index (χ1v) is 15.2. The molecule has 0 fully saturated rings. The topological polar surface area (TPSA) is 82.1 Å². The highest BCUT2D eigenvalue weighted by atomic mass is 19.4. The number of carbonyl (C=O) groups is 2. The zero-order valence-corrected chi connectivity index (χ0v) is 27.6. The summed E-state index contributed by atoms with van der Waals surface area (Å²) in [6.07, 6.45) is -3.96. The molecule has 0 unspecified atom stereocenters. The monoisotopic (exact) mass is 686 g/mol. The highest BCUT2D eigenvalue weighted by Crippen LogP contribution is 2.31. The quantitative estimate of drug-likeness (QED) is 0.132. The van der Waals surface area contributed by atoms with Crippen molar-refractivity contribution in [3.05, 3.63) is 119 Å². The van der Waals surface area contributed by atoms with Crippen LogP contribution < -0.4 is 4.74 Å². The maximum Gasteiger partial charge on any atom is 0.416 e. The molecule has 50 heavy (non-hydrogen) atoms. The maximum absolute atomic E-state index is 12.8. The predicted octanol–water partition coefficient (Wildman–Crippen LogP) is 9.32. The van der Waals surface area contributed by atoms with Crippen LogP contribution >= 0.6 is 0 Å². The molecule has 6 nitrogen and oxygen atoms in total. The fourth-order valence-electron chi connectivity index (χ4n) is 4.71. The Hall–Kier alpha value is -5.67. The molecular formula is C41H41F3O6. The minimum atomic E-state index is -4.35. The second-order valence-corrected chi connectivity index (χ2v) is 10.7. The van der Waals surface area contributed by atoms with E-state index in [2.05, 4.69) is 28.4 Å². The molecule has 9 heteroatoms. The van der Waals surface area contributed by atoms with Gasteiger partial charge in [0, 0.05) is 0 Å². The van der Waals surface area contributed by atoms with Crippen molar-refractivity contribution in [2.45, 2.75) is 58.7 Å². The van der Waals surface area contributed by atoms with Gasteiger partial charge >= 0.3 is 18.1 Å². The first kappa shape index (κ1) is 40.5. The minimum absolute atomic E-state index is 0. The summed E-state index contributed by atoms with van der Waals surface area (Å²) in [6.45, 7) is 3.75. The van der Waals surface area contributed by atoms with Crippen LogP contribution in [0.1, 0.15) is 68.2 Å². The summed E-state index contributed by atoms with van der Waals surface area (Å²) in [6, 6.07) is 26.6. The summed E-state index contributed by atoms with van der Waals surface area (Å²) in [5, 5.41) is 9.17. The van der Waals surface area contributed by atoms with Crippen LogP contribution in [0.15, 0.2) is 97.1 Å². The van der Waals surface area contributed by atoms with Crippen molar-refractivity contribution in [2.24, 2.45) is 0 Å². The average Bonchev–Trinajstić information content (AvgIpc) is 3.11. The van der Waals surface area contributed by atoms with E-state index in [9.17, 15) is 22.8 Å². The van der Waals surface area contributed by atoms with E-state index >= 15 is 0 Å². The molecule has 0 aliphatic rings. The molecule has 0 aliphatic heterocycles. The summed E-state index contributed by atoms with van der Waals surface area (Å²) < 4.78 is 53.6. The second-order valence-electron chi connectivity index (χ2n) is 10.7. The Morgan fingerprint density at radius 2 is 1.22 bits per heavy atom. The highest BCUT2D eigenvalue weighted by Gasteiger charge is 2.30. The molecule has 0 aromatic heterocycles. The van der Waals surface area contributed by atoms with Crippen LogP contribution in [0.25, 0.3) is 11.1 Å². The first-order valence-electron chi connectivity index (χ1n) is 15.2. The van der Waals surface area contributed by atoms with Crippen LogP contribution in [0.5, 0.6) is 11.5 Å². The number of ether oxygens (including phenoxy) is 3. The number of esters is 2. The number of hydrogen-bond acceptors (Lipinski definition) is 6.